The number of hydrogen-bond donors (Lipinski definition) is 2. The van der Waals surface area contributed by atoms with Crippen molar-refractivity contribution in [2.24, 2.45) is 11.7 Å². The highest BCUT2D eigenvalue weighted by Gasteiger charge is 2.28. The third-order valence-corrected chi connectivity index (χ3v) is 3.07. The zero-order chi connectivity index (χ0) is 13.8. The number of benzene rings is 1. The van der Waals surface area contributed by atoms with Gasteiger partial charge in [0, 0.05) is 18.2 Å². The van der Waals surface area contributed by atoms with Crippen molar-refractivity contribution in [2.45, 2.75) is 25.5 Å². The van der Waals surface area contributed by atoms with E-state index in [0.717, 1.165) is 12.8 Å². The normalized spacial score (nSPS) is 16.2. The van der Waals surface area contributed by atoms with Gasteiger partial charge < -0.3 is 15.8 Å². The van der Waals surface area contributed by atoms with E-state index in [2.05, 4.69) is 10.1 Å². The van der Waals surface area contributed by atoms with Crippen molar-refractivity contribution in [3.8, 4) is 5.75 Å². The minimum Gasteiger partial charge on any atom is -0.435 e. The number of nitrogens with two attached hydrogens (primary N) is 1. The van der Waals surface area contributed by atoms with E-state index in [1.54, 1.807) is 0 Å². The van der Waals surface area contributed by atoms with Crippen LogP contribution in [0.5, 0.6) is 5.75 Å². The summed E-state index contributed by atoms with van der Waals surface area (Å²) in [6, 6.07) is 5.54. The average molecular weight is 270 g/mol. The Morgan fingerprint density at radius 3 is 2.53 bits per heavy atom. The van der Waals surface area contributed by atoms with Crippen LogP contribution in [0.2, 0.25) is 0 Å². The first-order chi connectivity index (χ1) is 9.06. The predicted octanol–water partition coefficient (Wildman–Crippen LogP) is 1.76. The van der Waals surface area contributed by atoms with Gasteiger partial charge in [-0.25, -0.2) is 0 Å². The first-order valence-corrected chi connectivity index (χ1v) is 6.15. The molecule has 1 aliphatic carbocycles. The number of hydrogen-bond acceptors (Lipinski definition) is 3. The predicted molar refractivity (Wildman–Crippen MR) is 66.1 cm³/mol. The summed E-state index contributed by atoms with van der Waals surface area (Å²) < 4.78 is 28.1. The van der Waals surface area contributed by atoms with Crippen molar-refractivity contribution >= 4 is 5.91 Å². The Labute approximate surface area is 109 Å². The lowest BCUT2D eigenvalue weighted by Gasteiger charge is -2.11. The number of carbonyl (C=O) groups is 1. The molecule has 0 aliphatic heterocycles. The Balaban J connectivity index is 1.84. The molecule has 0 bridgehead atoms. The second-order valence-electron chi connectivity index (χ2n) is 4.61. The molecule has 1 saturated carbocycles. The van der Waals surface area contributed by atoms with Gasteiger partial charge in [-0.1, -0.05) is 0 Å². The number of ether oxygens (including phenoxy) is 1. The van der Waals surface area contributed by atoms with E-state index in [1.807, 2.05) is 0 Å². The molecule has 6 heteroatoms. The van der Waals surface area contributed by atoms with Gasteiger partial charge in [0.2, 0.25) is 0 Å². The molecule has 19 heavy (non-hydrogen) atoms. The molecule has 1 atom stereocenters. The van der Waals surface area contributed by atoms with E-state index in [-0.39, 0.29) is 17.7 Å². The zero-order valence-electron chi connectivity index (χ0n) is 10.3. The van der Waals surface area contributed by atoms with Crippen molar-refractivity contribution < 1.29 is 18.3 Å². The molecule has 0 radical (unpaired) electrons. The maximum atomic E-state index is 12.0. The number of alkyl halides is 2. The van der Waals surface area contributed by atoms with E-state index in [4.69, 9.17) is 5.73 Å². The second kappa shape index (κ2) is 5.97. The summed E-state index contributed by atoms with van der Waals surface area (Å²) in [6.07, 6.45) is 2.24. The highest BCUT2D eigenvalue weighted by molar-refractivity contribution is 5.94. The van der Waals surface area contributed by atoms with Crippen LogP contribution in [-0.4, -0.2) is 25.1 Å². The Morgan fingerprint density at radius 2 is 2.00 bits per heavy atom. The van der Waals surface area contributed by atoms with Gasteiger partial charge in [0.1, 0.15) is 5.75 Å². The largest absolute Gasteiger partial charge is 0.435 e. The molecule has 0 spiro atoms. The second-order valence-corrected chi connectivity index (χ2v) is 4.61. The summed E-state index contributed by atoms with van der Waals surface area (Å²) in [5.74, 6) is 0.281. The van der Waals surface area contributed by atoms with Gasteiger partial charge in [-0.05, 0) is 43.0 Å². The first kappa shape index (κ1) is 13.7. The molecule has 104 valence electrons. The molecule has 3 N–H and O–H groups in total. The van der Waals surface area contributed by atoms with Crippen LogP contribution in [0.25, 0.3) is 0 Å². The van der Waals surface area contributed by atoms with Crippen LogP contribution < -0.4 is 15.8 Å². The Morgan fingerprint density at radius 1 is 1.37 bits per heavy atom. The number of carbonyl (C=O) groups excluding carboxylic acids is 1. The maximum Gasteiger partial charge on any atom is 0.387 e. The first-order valence-electron chi connectivity index (χ1n) is 6.15. The van der Waals surface area contributed by atoms with Crippen LogP contribution in [0.15, 0.2) is 24.3 Å². The molecule has 1 aliphatic rings. The molecule has 1 unspecified atom stereocenters. The quantitative estimate of drug-likeness (QED) is 0.827. The molecule has 2 rings (SSSR count). The van der Waals surface area contributed by atoms with E-state index in [1.165, 1.54) is 24.3 Å². The van der Waals surface area contributed by atoms with Gasteiger partial charge >= 0.3 is 6.61 Å². The standard InChI is InChI=1S/C13H16F2N2O2/c14-13(15)19-10-5-3-9(4-6-10)12(18)17-7-11(16)8-1-2-8/h3-6,8,11,13H,1-2,7,16H2,(H,17,18). The smallest absolute Gasteiger partial charge is 0.387 e. The van der Waals surface area contributed by atoms with Gasteiger partial charge in [-0.3, -0.25) is 4.79 Å². The summed E-state index contributed by atoms with van der Waals surface area (Å²) in [6.45, 7) is -2.44. The monoisotopic (exact) mass is 270 g/mol. The summed E-state index contributed by atoms with van der Waals surface area (Å²) in [5, 5.41) is 2.73. The van der Waals surface area contributed by atoms with Crippen LogP contribution in [0.3, 0.4) is 0 Å². The highest BCUT2D eigenvalue weighted by atomic mass is 19.3. The van der Waals surface area contributed by atoms with Crippen molar-refractivity contribution in [1.82, 2.24) is 5.32 Å². The molecular formula is C13H16F2N2O2. The highest BCUT2D eigenvalue weighted by Crippen LogP contribution is 2.31. The SMILES string of the molecule is NC(CNC(=O)c1ccc(OC(F)F)cc1)C1CC1. The summed E-state index contributed by atoms with van der Waals surface area (Å²) in [4.78, 5) is 11.8. The van der Waals surface area contributed by atoms with Gasteiger partial charge in [0.15, 0.2) is 0 Å². The fourth-order valence-corrected chi connectivity index (χ4v) is 1.79. The van der Waals surface area contributed by atoms with Crippen LogP contribution >= 0.6 is 0 Å². The molecular weight excluding hydrogens is 254 g/mol. The van der Waals surface area contributed by atoms with E-state index < -0.39 is 6.61 Å². The van der Waals surface area contributed by atoms with E-state index in [9.17, 15) is 13.6 Å². The number of nitrogens with one attached hydrogen (secondary N) is 1. The Kier molecular flexibility index (Phi) is 4.31. The molecule has 1 amide bonds. The Hall–Kier alpha value is -1.69. The minimum atomic E-state index is -2.86. The molecule has 0 heterocycles. The number of amides is 1. The van der Waals surface area contributed by atoms with Gasteiger partial charge in [0.05, 0.1) is 0 Å². The maximum absolute atomic E-state index is 12.0. The van der Waals surface area contributed by atoms with E-state index >= 15 is 0 Å². The lowest BCUT2D eigenvalue weighted by Crippen LogP contribution is -2.38. The third kappa shape index (κ3) is 4.17. The zero-order valence-corrected chi connectivity index (χ0v) is 10.3. The molecule has 1 fully saturated rings. The lowest BCUT2D eigenvalue weighted by molar-refractivity contribution is -0.0498. The molecule has 1 aromatic rings. The molecule has 4 nitrogen and oxygen atoms in total. The lowest BCUT2D eigenvalue weighted by atomic mass is 10.1. The molecule has 0 aromatic heterocycles. The fourth-order valence-electron chi connectivity index (χ4n) is 1.79. The average Bonchev–Trinajstić information content (AvgIpc) is 3.20. The summed E-state index contributed by atoms with van der Waals surface area (Å²) in [5.41, 5.74) is 6.26. The fraction of sp³-hybridized carbons (Fsp3) is 0.462. The van der Waals surface area contributed by atoms with Crippen LogP contribution in [0.4, 0.5) is 8.78 Å². The van der Waals surface area contributed by atoms with Crippen LogP contribution in [0, 0.1) is 5.92 Å². The van der Waals surface area contributed by atoms with Gasteiger partial charge in [-0.15, -0.1) is 0 Å². The minimum absolute atomic E-state index is 0.00890. The molecule has 0 saturated heterocycles. The summed E-state index contributed by atoms with van der Waals surface area (Å²) in [7, 11) is 0. The number of halogens is 2. The van der Waals surface area contributed by atoms with E-state index in [0.29, 0.717) is 18.0 Å². The topological polar surface area (TPSA) is 64.3 Å². The van der Waals surface area contributed by atoms with Crippen molar-refractivity contribution in [2.75, 3.05) is 6.54 Å². The van der Waals surface area contributed by atoms with Crippen LogP contribution in [-0.2, 0) is 0 Å². The van der Waals surface area contributed by atoms with Crippen molar-refractivity contribution in [1.29, 1.82) is 0 Å². The van der Waals surface area contributed by atoms with Crippen LogP contribution in [0.1, 0.15) is 23.2 Å². The molecule has 1 aromatic carbocycles. The Bertz CT molecular complexity index is 433. The van der Waals surface area contributed by atoms with Crippen molar-refractivity contribution in [3.05, 3.63) is 29.8 Å². The van der Waals surface area contributed by atoms with Gasteiger partial charge in [0.25, 0.3) is 5.91 Å². The third-order valence-electron chi connectivity index (χ3n) is 3.07. The van der Waals surface area contributed by atoms with Crippen molar-refractivity contribution in [3.63, 3.8) is 0 Å². The number of rotatable bonds is 6. The summed E-state index contributed by atoms with van der Waals surface area (Å²) >= 11 is 0. The van der Waals surface area contributed by atoms with Gasteiger partial charge in [-0.2, -0.15) is 8.78 Å².